The fraction of sp³-hybridized carbons (Fsp3) is 0.444. The van der Waals surface area contributed by atoms with Gasteiger partial charge in [-0.15, -0.1) is 0 Å². The number of morpholine rings is 1. The van der Waals surface area contributed by atoms with Crippen LogP contribution in [0.1, 0.15) is 17.8 Å². The zero-order valence-electron chi connectivity index (χ0n) is 14.0. The molecule has 1 aliphatic heterocycles. The number of carbonyl (C=O) groups is 1. The van der Waals surface area contributed by atoms with Crippen molar-refractivity contribution >= 4 is 5.91 Å². The highest BCUT2D eigenvalue weighted by molar-refractivity contribution is 5.76. The first-order valence-corrected chi connectivity index (χ1v) is 8.31. The van der Waals surface area contributed by atoms with Gasteiger partial charge in [0.1, 0.15) is 5.82 Å². The van der Waals surface area contributed by atoms with Crippen LogP contribution in [0.2, 0.25) is 0 Å². The second-order valence-corrected chi connectivity index (χ2v) is 6.14. The minimum Gasteiger partial charge on any atom is -0.378 e. The maximum atomic E-state index is 12.4. The van der Waals surface area contributed by atoms with Gasteiger partial charge >= 0.3 is 0 Å². The van der Waals surface area contributed by atoms with Gasteiger partial charge in [0, 0.05) is 45.0 Å². The lowest BCUT2D eigenvalue weighted by Crippen LogP contribution is -2.44. The monoisotopic (exact) mass is 328 g/mol. The van der Waals surface area contributed by atoms with Gasteiger partial charge in [-0.3, -0.25) is 4.79 Å². The summed E-state index contributed by atoms with van der Waals surface area (Å²) in [5.41, 5.74) is 1.22. The Kier molecular flexibility index (Phi) is 5.61. The van der Waals surface area contributed by atoms with Gasteiger partial charge < -0.3 is 19.5 Å². The van der Waals surface area contributed by atoms with E-state index >= 15 is 0 Å². The van der Waals surface area contributed by atoms with Crippen LogP contribution in [0.4, 0.5) is 0 Å². The molecule has 1 fully saturated rings. The molecule has 1 aromatic heterocycles. The first kappa shape index (κ1) is 16.7. The summed E-state index contributed by atoms with van der Waals surface area (Å²) in [6.07, 6.45) is 4.19. The average molecular weight is 328 g/mol. The van der Waals surface area contributed by atoms with Crippen molar-refractivity contribution in [2.45, 2.75) is 25.6 Å². The Hall–Kier alpha value is -2.18. The van der Waals surface area contributed by atoms with Gasteiger partial charge in [0.2, 0.25) is 5.91 Å². The Morgan fingerprint density at radius 1 is 1.42 bits per heavy atom. The number of rotatable bonds is 6. The maximum absolute atomic E-state index is 12.4. The summed E-state index contributed by atoms with van der Waals surface area (Å²) in [4.78, 5) is 18.5. The number of imidazole rings is 1. The lowest BCUT2D eigenvalue weighted by atomic mass is 10.2. The Morgan fingerprint density at radius 3 is 3.00 bits per heavy atom. The molecule has 0 aliphatic carbocycles. The lowest BCUT2D eigenvalue weighted by molar-refractivity contribution is -0.131. The van der Waals surface area contributed by atoms with Crippen molar-refractivity contribution in [3.63, 3.8) is 0 Å². The van der Waals surface area contributed by atoms with Crippen molar-refractivity contribution in [1.82, 2.24) is 19.8 Å². The van der Waals surface area contributed by atoms with Gasteiger partial charge in [0.25, 0.3) is 0 Å². The van der Waals surface area contributed by atoms with Crippen LogP contribution in [0.5, 0.6) is 0 Å². The predicted octanol–water partition coefficient (Wildman–Crippen LogP) is 1.27. The van der Waals surface area contributed by atoms with E-state index < -0.39 is 0 Å². The summed E-state index contributed by atoms with van der Waals surface area (Å²) in [6, 6.07) is 10.4. The molecule has 0 spiro atoms. The molecule has 1 N–H and O–H groups in total. The van der Waals surface area contributed by atoms with E-state index in [4.69, 9.17) is 4.74 Å². The molecule has 6 heteroatoms. The van der Waals surface area contributed by atoms with Crippen molar-refractivity contribution in [3.8, 4) is 0 Å². The second-order valence-electron chi connectivity index (χ2n) is 6.14. The molecule has 1 aliphatic rings. The second kappa shape index (κ2) is 8.08. The average Bonchev–Trinajstić information content (AvgIpc) is 3.03. The maximum Gasteiger partial charge on any atom is 0.224 e. The summed E-state index contributed by atoms with van der Waals surface area (Å²) < 4.78 is 7.49. The summed E-state index contributed by atoms with van der Waals surface area (Å²) in [6.45, 7) is 3.39. The number of benzene rings is 1. The molecular formula is C18H24N4O2. The van der Waals surface area contributed by atoms with Crippen LogP contribution in [-0.4, -0.2) is 53.2 Å². The molecule has 0 saturated carbocycles. The van der Waals surface area contributed by atoms with Crippen LogP contribution in [0.15, 0.2) is 42.7 Å². The number of carbonyl (C=O) groups excluding carboxylic acids is 1. The van der Waals surface area contributed by atoms with Crippen molar-refractivity contribution < 1.29 is 9.53 Å². The van der Waals surface area contributed by atoms with Crippen LogP contribution >= 0.6 is 0 Å². The third-order valence-corrected chi connectivity index (χ3v) is 4.22. The summed E-state index contributed by atoms with van der Waals surface area (Å²) >= 11 is 0. The minimum absolute atomic E-state index is 0.104. The molecular weight excluding hydrogens is 304 g/mol. The molecule has 128 valence electrons. The number of amides is 1. The van der Waals surface area contributed by atoms with Crippen LogP contribution in [-0.2, 0) is 22.6 Å². The smallest absolute Gasteiger partial charge is 0.224 e. The first-order valence-electron chi connectivity index (χ1n) is 8.31. The van der Waals surface area contributed by atoms with Gasteiger partial charge in [-0.25, -0.2) is 4.98 Å². The normalized spacial score (nSPS) is 17.6. The van der Waals surface area contributed by atoms with Crippen molar-refractivity contribution in [1.29, 1.82) is 0 Å². The van der Waals surface area contributed by atoms with Gasteiger partial charge in [-0.1, -0.05) is 30.3 Å². The molecule has 1 aromatic carbocycles. The Labute approximate surface area is 142 Å². The zero-order chi connectivity index (χ0) is 16.8. The molecule has 0 radical (unpaired) electrons. The lowest BCUT2D eigenvalue weighted by Gasteiger charge is -2.25. The molecule has 0 bridgehead atoms. The Bertz CT molecular complexity index is 650. The van der Waals surface area contributed by atoms with Gasteiger partial charge in [-0.2, -0.15) is 0 Å². The largest absolute Gasteiger partial charge is 0.378 e. The zero-order valence-corrected chi connectivity index (χ0v) is 14.0. The Morgan fingerprint density at radius 2 is 2.25 bits per heavy atom. The Balaban J connectivity index is 1.57. The van der Waals surface area contributed by atoms with Gasteiger partial charge in [-0.05, 0) is 5.56 Å². The van der Waals surface area contributed by atoms with Crippen LogP contribution in [0.3, 0.4) is 0 Å². The van der Waals surface area contributed by atoms with E-state index in [1.54, 1.807) is 11.1 Å². The summed E-state index contributed by atoms with van der Waals surface area (Å²) in [5, 5.41) is 3.31. The highest BCUT2D eigenvalue weighted by Gasteiger charge is 2.20. The van der Waals surface area contributed by atoms with E-state index in [1.165, 1.54) is 5.56 Å². The highest BCUT2D eigenvalue weighted by atomic mass is 16.5. The van der Waals surface area contributed by atoms with Gasteiger partial charge in [0.15, 0.2) is 0 Å². The van der Waals surface area contributed by atoms with E-state index in [-0.39, 0.29) is 11.9 Å². The fourth-order valence-corrected chi connectivity index (χ4v) is 2.83. The van der Waals surface area contributed by atoms with Crippen LogP contribution < -0.4 is 5.32 Å². The molecule has 1 atom stereocenters. The molecule has 3 rings (SSSR count). The van der Waals surface area contributed by atoms with Crippen molar-refractivity contribution in [2.24, 2.45) is 0 Å². The molecule has 1 amide bonds. The van der Waals surface area contributed by atoms with E-state index in [0.717, 1.165) is 25.5 Å². The topological polar surface area (TPSA) is 59.4 Å². The van der Waals surface area contributed by atoms with Crippen molar-refractivity contribution in [2.75, 3.05) is 26.8 Å². The van der Waals surface area contributed by atoms with Crippen LogP contribution in [0.25, 0.3) is 0 Å². The predicted molar refractivity (Wildman–Crippen MR) is 91.5 cm³/mol. The molecule has 6 nitrogen and oxygen atoms in total. The first-order chi connectivity index (χ1) is 11.7. The summed E-state index contributed by atoms with van der Waals surface area (Å²) in [7, 11) is 1.83. The minimum atomic E-state index is 0.104. The SMILES string of the molecule is CN(Cc1nccn1Cc1ccccc1)C(=O)CC1COCCN1. The standard InChI is InChI=1S/C18H24N4O2/c1-21(18(23)11-16-14-24-10-8-19-16)13-17-20-7-9-22(17)12-15-5-3-2-4-6-15/h2-7,9,16,19H,8,10-14H2,1H3. The number of nitrogens with one attached hydrogen (secondary N) is 1. The van der Waals surface area contributed by atoms with Gasteiger partial charge in [0.05, 0.1) is 19.8 Å². The quantitative estimate of drug-likeness (QED) is 0.867. The van der Waals surface area contributed by atoms with E-state index in [2.05, 4.69) is 27.0 Å². The number of ether oxygens (including phenoxy) is 1. The number of aromatic nitrogens is 2. The van der Waals surface area contributed by atoms with E-state index in [0.29, 0.717) is 19.6 Å². The van der Waals surface area contributed by atoms with E-state index in [1.807, 2.05) is 31.4 Å². The molecule has 1 saturated heterocycles. The fourth-order valence-electron chi connectivity index (χ4n) is 2.83. The number of nitrogens with zero attached hydrogens (tertiary/aromatic N) is 3. The third-order valence-electron chi connectivity index (χ3n) is 4.22. The number of hydrogen-bond donors (Lipinski definition) is 1. The third kappa shape index (κ3) is 4.43. The number of hydrogen-bond acceptors (Lipinski definition) is 4. The molecule has 24 heavy (non-hydrogen) atoms. The van der Waals surface area contributed by atoms with E-state index in [9.17, 15) is 4.79 Å². The highest BCUT2D eigenvalue weighted by Crippen LogP contribution is 2.09. The molecule has 1 unspecified atom stereocenters. The van der Waals surface area contributed by atoms with Crippen LogP contribution in [0, 0.1) is 0 Å². The molecule has 2 heterocycles. The summed E-state index contributed by atoms with van der Waals surface area (Å²) in [5.74, 6) is 0.995. The van der Waals surface area contributed by atoms with Crippen molar-refractivity contribution in [3.05, 3.63) is 54.1 Å². The molecule has 2 aromatic rings.